The van der Waals surface area contributed by atoms with Crippen LogP contribution in [0.2, 0.25) is 0 Å². The lowest BCUT2D eigenvalue weighted by Gasteiger charge is -2.00. The fraction of sp³-hybridized carbons (Fsp3) is 0.500. The van der Waals surface area contributed by atoms with Gasteiger partial charge in [-0.15, -0.1) is 0 Å². The van der Waals surface area contributed by atoms with Crippen molar-refractivity contribution < 1.29 is 14.7 Å². The molecule has 0 aliphatic rings. The molecule has 0 fully saturated rings. The molecule has 0 aliphatic heterocycles. The summed E-state index contributed by atoms with van der Waals surface area (Å²) in [5.74, 6) is -1.07. The van der Waals surface area contributed by atoms with E-state index in [1.807, 2.05) is 13.8 Å². The van der Waals surface area contributed by atoms with Gasteiger partial charge in [0.2, 0.25) is 5.12 Å². The van der Waals surface area contributed by atoms with Gasteiger partial charge in [0.1, 0.15) is 11.4 Å². The van der Waals surface area contributed by atoms with Crippen LogP contribution in [0.1, 0.15) is 41.7 Å². The van der Waals surface area contributed by atoms with Crippen molar-refractivity contribution in [3.8, 4) is 0 Å². The monoisotopic (exact) mass is 242 g/mol. The molecule has 0 amide bonds. The van der Waals surface area contributed by atoms with E-state index in [-0.39, 0.29) is 21.8 Å². The minimum Gasteiger partial charge on any atom is -0.477 e. The predicted octanol–water partition coefficient (Wildman–Crippen LogP) is 1.88. The van der Waals surface area contributed by atoms with Crippen LogP contribution in [0.4, 0.5) is 0 Å². The minimum atomic E-state index is -1.07. The van der Waals surface area contributed by atoms with E-state index in [4.69, 9.17) is 5.11 Å². The first-order chi connectivity index (χ1) is 7.45. The molecule has 0 aromatic carbocycles. The fourth-order valence-electron chi connectivity index (χ4n) is 1.20. The Labute approximate surface area is 97.8 Å². The molecule has 0 atom stereocenters. The van der Waals surface area contributed by atoms with Gasteiger partial charge in [0.05, 0.1) is 0 Å². The lowest BCUT2D eigenvalue weighted by atomic mass is 10.3. The Morgan fingerprint density at radius 3 is 2.56 bits per heavy atom. The number of carboxylic acids is 1. The molecular weight excluding hydrogens is 228 g/mol. The molecule has 0 bridgehead atoms. The van der Waals surface area contributed by atoms with Crippen LogP contribution in [0.3, 0.4) is 0 Å². The summed E-state index contributed by atoms with van der Waals surface area (Å²) in [5, 5.41) is 12.8. The van der Waals surface area contributed by atoms with Gasteiger partial charge in [0, 0.05) is 17.9 Å². The third-order valence-electron chi connectivity index (χ3n) is 1.85. The number of carboxylic acid groups (broad SMARTS) is 1. The molecule has 1 N–H and O–H groups in total. The van der Waals surface area contributed by atoms with Crippen molar-refractivity contribution in [1.29, 1.82) is 0 Å². The lowest BCUT2D eigenvalue weighted by molar-refractivity contribution is 0.0683. The topological polar surface area (TPSA) is 72.2 Å². The van der Waals surface area contributed by atoms with Gasteiger partial charge < -0.3 is 5.11 Å². The first-order valence-corrected chi connectivity index (χ1v) is 5.85. The molecular formula is C10H14N2O3S. The minimum absolute atomic E-state index is 0.0511. The van der Waals surface area contributed by atoms with E-state index >= 15 is 0 Å². The standard InChI is InChI=1S/C10H14N2O3S/c1-4-12-8(9(13)14)5-7(11-12)10(15)16-6(2)3/h5-6H,4H2,1-3H3,(H,13,14). The maximum absolute atomic E-state index is 11.7. The summed E-state index contributed by atoms with van der Waals surface area (Å²) in [5.41, 5.74) is 0.258. The molecule has 1 rings (SSSR count). The van der Waals surface area contributed by atoms with Crippen molar-refractivity contribution >= 4 is 22.8 Å². The van der Waals surface area contributed by atoms with E-state index in [9.17, 15) is 9.59 Å². The van der Waals surface area contributed by atoms with Crippen LogP contribution >= 0.6 is 11.8 Å². The average Bonchev–Trinajstić information content (AvgIpc) is 2.60. The zero-order valence-electron chi connectivity index (χ0n) is 9.43. The van der Waals surface area contributed by atoms with Crippen molar-refractivity contribution in [2.45, 2.75) is 32.6 Å². The zero-order valence-corrected chi connectivity index (χ0v) is 10.2. The maximum Gasteiger partial charge on any atom is 0.354 e. The first kappa shape index (κ1) is 12.8. The third kappa shape index (κ3) is 2.85. The molecule has 1 aromatic rings. The summed E-state index contributed by atoms with van der Waals surface area (Å²) in [6.07, 6.45) is 0. The normalized spacial score (nSPS) is 10.8. The van der Waals surface area contributed by atoms with E-state index in [1.54, 1.807) is 6.92 Å². The quantitative estimate of drug-likeness (QED) is 0.872. The molecule has 6 heteroatoms. The number of hydrogen-bond acceptors (Lipinski definition) is 4. The fourth-order valence-corrected chi connectivity index (χ4v) is 1.85. The number of nitrogens with zero attached hydrogens (tertiary/aromatic N) is 2. The zero-order chi connectivity index (χ0) is 12.3. The Morgan fingerprint density at radius 1 is 1.56 bits per heavy atom. The molecule has 0 unspecified atom stereocenters. The Morgan fingerprint density at radius 2 is 2.19 bits per heavy atom. The van der Waals surface area contributed by atoms with Crippen LogP contribution < -0.4 is 0 Å². The van der Waals surface area contributed by atoms with Gasteiger partial charge in [-0.2, -0.15) is 5.10 Å². The molecule has 88 valence electrons. The molecule has 0 radical (unpaired) electrons. The molecule has 1 aromatic heterocycles. The Balaban J connectivity index is 2.99. The van der Waals surface area contributed by atoms with Crippen LogP contribution in [0, 0.1) is 0 Å². The first-order valence-electron chi connectivity index (χ1n) is 4.97. The van der Waals surface area contributed by atoms with Gasteiger partial charge in [-0.25, -0.2) is 4.79 Å². The van der Waals surface area contributed by atoms with Gasteiger partial charge in [0.15, 0.2) is 0 Å². The highest BCUT2D eigenvalue weighted by Gasteiger charge is 2.18. The van der Waals surface area contributed by atoms with E-state index in [1.165, 1.54) is 10.7 Å². The number of hydrogen-bond donors (Lipinski definition) is 1. The largest absolute Gasteiger partial charge is 0.477 e. The van der Waals surface area contributed by atoms with Gasteiger partial charge in [-0.3, -0.25) is 9.48 Å². The Kier molecular flexibility index (Phi) is 4.12. The highest BCUT2D eigenvalue weighted by atomic mass is 32.2. The van der Waals surface area contributed by atoms with Crippen LogP contribution in [0.25, 0.3) is 0 Å². The van der Waals surface area contributed by atoms with Crippen LogP contribution in [0.15, 0.2) is 6.07 Å². The van der Waals surface area contributed by atoms with Crippen molar-refractivity contribution in [1.82, 2.24) is 9.78 Å². The third-order valence-corrected chi connectivity index (χ3v) is 2.75. The molecule has 16 heavy (non-hydrogen) atoms. The van der Waals surface area contributed by atoms with Gasteiger partial charge in [-0.05, 0) is 6.92 Å². The number of carbonyl (C=O) groups excluding carboxylic acids is 1. The van der Waals surface area contributed by atoms with Crippen molar-refractivity contribution in [2.75, 3.05) is 0 Å². The van der Waals surface area contributed by atoms with Crippen LogP contribution in [0.5, 0.6) is 0 Å². The summed E-state index contributed by atoms with van der Waals surface area (Å²) in [6.45, 7) is 6.01. The summed E-state index contributed by atoms with van der Waals surface area (Å²) in [6, 6.07) is 1.32. The van der Waals surface area contributed by atoms with Gasteiger partial charge in [-0.1, -0.05) is 25.6 Å². The number of rotatable bonds is 4. The van der Waals surface area contributed by atoms with Gasteiger partial charge >= 0.3 is 5.97 Å². The number of aromatic carboxylic acids is 1. The van der Waals surface area contributed by atoms with Crippen molar-refractivity contribution in [3.05, 3.63) is 17.5 Å². The second-order valence-corrected chi connectivity index (χ2v) is 5.04. The highest BCUT2D eigenvalue weighted by molar-refractivity contribution is 8.14. The van der Waals surface area contributed by atoms with Crippen molar-refractivity contribution in [2.24, 2.45) is 0 Å². The molecule has 1 heterocycles. The van der Waals surface area contributed by atoms with Crippen LogP contribution in [-0.4, -0.2) is 31.2 Å². The van der Waals surface area contributed by atoms with Crippen LogP contribution in [-0.2, 0) is 6.54 Å². The summed E-state index contributed by atoms with van der Waals surface area (Å²) >= 11 is 1.14. The molecule has 0 aliphatic carbocycles. The predicted molar refractivity (Wildman–Crippen MR) is 61.9 cm³/mol. The van der Waals surface area contributed by atoms with E-state index in [2.05, 4.69) is 5.10 Å². The Bertz CT molecular complexity index is 412. The van der Waals surface area contributed by atoms with E-state index in [0.717, 1.165) is 11.8 Å². The van der Waals surface area contributed by atoms with Gasteiger partial charge in [0.25, 0.3) is 0 Å². The Hall–Kier alpha value is -1.30. The second kappa shape index (κ2) is 5.16. The highest BCUT2D eigenvalue weighted by Crippen LogP contribution is 2.17. The second-order valence-electron chi connectivity index (χ2n) is 3.49. The SMILES string of the molecule is CCn1nc(C(=O)SC(C)C)cc1C(=O)O. The molecule has 5 nitrogen and oxygen atoms in total. The summed E-state index contributed by atoms with van der Waals surface area (Å²) in [7, 11) is 0. The smallest absolute Gasteiger partial charge is 0.354 e. The summed E-state index contributed by atoms with van der Waals surface area (Å²) < 4.78 is 1.32. The number of aromatic nitrogens is 2. The number of aryl methyl sites for hydroxylation is 1. The van der Waals surface area contributed by atoms with E-state index in [0.29, 0.717) is 6.54 Å². The molecule has 0 spiro atoms. The van der Waals surface area contributed by atoms with Crippen molar-refractivity contribution in [3.63, 3.8) is 0 Å². The van der Waals surface area contributed by atoms with E-state index < -0.39 is 5.97 Å². The molecule has 0 saturated carbocycles. The molecule has 0 saturated heterocycles. The number of carbonyl (C=O) groups is 2. The lowest BCUT2D eigenvalue weighted by Crippen LogP contribution is -2.08. The average molecular weight is 242 g/mol. The summed E-state index contributed by atoms with van der Waals surface area (Å²) in [4.78, 5) is 22.5. The number of thioether (sulfide) groups is 1. The maximum atomic E-state index is 11.7.